The van der Waals surface area contributed by atoms with Crippen molar-refractivity contribution in [3.05, 3.63) is 41.2 Å². The van der Waals surface area contributed by atoms with E-state index in [1.807, 2.05) is 31.2 Å². The lowest BCUT2D eigenvalue weighted by Gasteiger charge is -2.27. The minimum atomic E-state index is -0.290. The quantitative estimate of drug-likeness (QED) is 0.688. The van der Waals surface area contributed by atoms with Gasteiger partial charge in [0, 0.05) is 0 Å². The molecule has 1 N–H and O–H groups in total. The number of halogens is 1. The van der Waals surface area contributed by atoms with Crippen LogP contribution >= 0.6 is 15.9 Å². The molecule has 0 saturated heterocycles. The third-order valence-corrected chi connectivity index (χ3v) is 3.09. The molecule has 0 fully saturated rings. The fraction of sp³-hybridized carbons (Fsp3) is 0.273. The van der Waals surface area contributed by atoms with Crippen LogP contribution in [-0.2, 0) is 6.42 Å². The van der Waals surface area contributed by atoms with E-state index in [1.165, 1.54) is 5.56 Å². The Bertz CT molecular complexity index is 366. The third kappa shape index (κ3) is 1.51. The summed E-state index contributed by atoms with van der Waals surface area (Å²) in [5, 5.41) is 9.70. The van der Waals surface area contributed by atoms with Crippen molar-refractivity contribution >= 4 is 22.0 Å². The topological polar surface area (TPSA) is 20.2 Å². The van der Waals surface area contributed by atoms with Gasteiger partial charge in [0.1, 0.15) is 5.76 Å². The molecule has 0 bridgehead atoms. The van der Waals surface area contributed by atoms with E-state index < -0.39 is 0 Å². The van der Waals surface area contributed by atoms with Crippen LogP contribution in [0.25, 0.3) is 6.08 Å². The smallest absolute Gasteiger partial charge is 0.110 e. The molecule has 1 atom stereocenters. The van der Waals surface area contributed by atoms with Crippen LogP contribution in [0.3, 0.4) is 0 Å². The number of alkyl halides is 1. The van der Waals surface area contributed by atoms with E-state index in [0.717, 1.165) is 12.0 Å². The average Bonchev–Trinajstić information content (AvgIpc) is 2.06. The number of allylic oxidation sites excluding steroid dienone is 1. The molecule has 0 aromatic heterocycles. The second-order valence-corrected chi connectivity index (χ2v) is 5.35. The summed E-state index contributed by atoms with van der Waals surface area (Å²) in [4.78, 5) is 0. The highest BCUT2D eigenvalue weighted by atomic mass is 79.9. The molecule has 0 aliphatic heterocycles. The molecule has 0 saturated carbocycles. The maximum Gasteiger partial charge on any atom is 0.110 e. The Labute approximate surface area is 86.2 Å². The lowest BCUT2D eigenvalue weighted by Crippen LogP contribution is -2.25. The van der Waals surface area contributed by atoms with Crippen molar-refractivity contribution in [2.45, 2.75) is 17.7 Å². The van der Waals surface area contributed by atoms with Gasteiger partial charge in [-0.2, -0.15) is 0 Å². The molecule has 0 spiro atoms. The molecule has 1 aliphatic rings. The van der Waals surface area contributed by atoms with Gasteiger partial charge < -0.3 is 5.11 Å². The normalized spacial score (nSPS) is 26.5. The van der Waals surface area contributed by atoms with Crippen LogP contribution in [0.4, 0.5) is 0 Å². The van der Waals surface area contributed by atoms with Crippen molar-refractivity contribution in [2.24, 2.45) is 0 Å². The van der Waals surface area contributed by atoms with Gasteiger partial charge in [0.15, 0.2) is 0 Å². The number of aliphatic hydroxyl groups is 1. The summed E-state index contributed by atoms with van der Waals surface area (Å²) in [5.41, 5.74) is 2.40. The molecule has 1 aliphatic carbocycles. The summed E-state index contributed by atoms with van der Waals surface area (Å²) in [6.07, 6.45) is 2.67. The van der Waals surface area contributed by atoms with E-state index in [9.17, 15) is 5.11 Å². The summed E-state index contributed by atoms with van der Waals surface area (Å²) >= 11 is 3.51. The van der Waals surface area contributed by atoms with Crippen molar-refractivity contribution < 1.29 is 5.11 Å². The van der Waals surface area contributed by atoms with Crippen molar-refractivity contribution in [1.29, 1.82) is 0 Å². The van der Waals surface area contributed by atoms with Gasteiger partial charge in [-0.15, -0.1) is 0 Å². The average molecular weight is 239 g/mol. The monoisotopic (exact) mass is 238 g/mol. The summed E-state index contributed by atoms with van der Waals surface area (Å²) in [6.45, 7) is 1.98. The Morgan fingerprint density at radius 2 is 2.08 bits per heavy atom. The van der Waals surface area contributed by atoms with Gasteiger partial charge >= 0.3 is 0 Å². The van der Waals surface area contributed by atoms with Crippen LogP contribution in [0, 0.1) is 0 Å². The van der Waals surface area contributed by atoms with Gasteiger partial charge in [0.2, 0.25) is 0 Å². The number of benzene rings is 1. The predicted molar refractivity (Wildman–Crippen MR) is 58.1 cm³/mol. The van der Waals surface area contributed by atoms with Crippen molar-refractivity contribution in [2.75, 3.05) is 0 Å². The van der Waals surface area contributed by atoms with Crippen molar-refractivity contribution in [1.82, 2.24) is 0 Å². The van der Waals surface area contributed by atoms with Crippen LogP contribution < -0.4 is 0 Å². The Morgan fingerprint density at radius 3 is 2.85 bits per heavy atom. The second-order valence-electron chi connectivity index (χ2n) is 3.60. The van der Waals surface area contributed by atoms with Gasteiger partial charge in [-0.25, -0.2) is 0 Å². The van der Waals surface area contributed by atoms with E-state index in [-0.39, 0.29) is 4.32 Å². The maximum absolute atomic E-state index is 9.70. The van der Waals surface area contributed by atoms with Crippen molar-refractivity contribution in [3.8, 4) is 0 Å². The van der Waals surface area contributed by atoms with E-state index in [2.05, 4.69) is 22.0 Å². The minimum absolute atomic E-state index is 0.290. The highest BCUT2D eigenvalue weighted by Gasteiger charge is 2.30. The zero-order valence-electron chi connectivity index (χ0n) is 7.42. The summed E-state index contributed by atoms with van der Waals surface area (Å²) in [6, 6.07) is 8.13. The van der Waals surface area contributed by atoms with E-state index >= 15 is 0 Å². The zero-order chi connectivity index (χ0) is 9.47. The first-order valence-corrected chi connectivity index (χ1v) is 5.07. The van der Waals surface area contributed by atoms with Gasteiger partial charge in [0.25, 0.3) is 0 Å². The van der Waals surface area contributed by atoms with Crippen LogP contribution in [0.5, 0.6) is 0 Å². The Hall–Kier alpha value is -0.760. The summed E-state index contributed by atoms with van der Waals surface area (Å²) in [7, 11) is 0. The lowest BCUT2D eigenvalue weighted by molar-refractivity contribution is 0.363. The number of aliphatic hydroxyl groups excluding tert-OH is 1. The van der Waals surface area contributed by atoms with Crippen molar-refractivity contribution in [3.63, 3.8) is 0 Å². The first kappa shape index (κ1) is 8.82. The van der Waals surface area contributed by atoms with Crippen LogP contribution in [0.1, 0.15) is 18.1 Å². The number of rotatable bonds is 0. The Balaban J connectivity index is 2.53. The van der Waals surface area contributed by atoms with Crippen LogP contribution in [0.2, 0.25) is 0 Å². The van der Waals surface area contributed by atoms with Gasteiger partial charge in [0.05, 0.1) is 4.32 Å². The molecule has 0 amide bonds. The molecular weight excluding hydrogens is 228 g/mol. The molecule has 2 rings (SSSR count). The molecule has 13 heavy (non-hydrogen) atoms. The highest BCUT2D eigenvalue weighted by molar-refractivity contribution is 9.10. The number of hydrogen-bond acceptors (Lipinski definition) is 1. The Morgan fingerprint density at radius 1 is 1.38 bits per heavy atom. The standard InChI is InChI=1S/C11H11BrO/c1-11(12)7-9-5-3-2-4-8(9)6-10(11)13/h2-6,13H,7H2,1H3. The maximum atomic E-state index is 9.70. The number of hydrogen-bond donors (Lipinski definition) is 1. The first-order valence-electron chi connectivity index (χ1n) is 4.27. The molecule has 1 aromatic rings. The second kappa shape index (κ2) is 2.88. The molecule has 2 heteroatoms. The highest BCUT2D eigenvalue weighted by Crippen LogP contribution is 2.36. The third-order valence-electron chi connectivity index (χ3n) is 2.40. The van der Waals surface area contributed by atoms with E-state index in [1.54, 1.807) is 0 Å². The SMILES string of the molecule is CC1(Br)Cc2ccccc2C=C1O. The molecule has 68 valence electrons. The van der Waals surface area contributed by atoms with E-state index in [4.69, 9.17) is 0 Å². The molecule has 0 heterocycles. The molecular formula is C11H11BrO. The fourth-order valence-corrected chi connectivity index (χ4v) is 2.00. The van der Waals surface area contributed by atoms with Crippen LogP contribution in [0.15, 0.2) is 30.0 Å². The summed E-state index contributed by atoms with van der Waals surface area (Å²) < 4.78 is -0.290. The van der Waals surface area contributed by atoms with Gasteiger partial charge in [-0.3, -0.25) is 0 Å². The van der Waals surface area contributed by atoms with Gasteiger partial charge in [-0.1, -0.05) is 40.2 Å². The molecule has 1 aromatic carbocycles. The predicted octanol–water partition coefficient (Wildman–Crippen LogP) is 3.30. The Kier molecular flexibility index (Phi) is 1.95. The van der Waals surface area contributed by atoms with Crippen LogP contribution in [-0.4, -0.2) is 9.43 Å². The fourth-order valence-electron chi connectivity index (χ4n) is 1.58. The molecule has 0 radical (unpaired) electrons. The number of fused-ring (bicyclic) bond motifs is 1. The van der Waals surface area contributed by atoms with Gasteiger partial charge in [-0.05, 0) is 30.5 Å². The molecule has 1 unspecified atom stereocenters. The van der Waals surface area contributed by atoms with E-state index in [0.29, 0.717) is 5.76 Å². The zero-order valence-corrected chi connectivity index (χ0v) is 9.01. The lowest BCUT2D eigenvalue weighted by atomic mass is 9.89. The largest absolute Gasteiger partial charge is 0.511 e. The first-order chi connectivity index (χ1) is 6.09. The molecule has 1 nitrogen and oxygen atoms in total. The minimum Gasteiger partial charge on any atom is -0.511 e. The summed E-state index contributed by atoms with van der Waals surface area (Å²) in [5.74, 6) is 0.409.